The van der Waals surface area contributed by atoms with Crippen molar-refractivity contribution in [2.45, 2.75) is 31.5 Å². The predicted molar refractivity (Wildman–Crippen MR) is 115 cm³/mol. The number of benzene rings is 3. The number of hydrogen-bond donors (Lipinski definition) is 2. The monoisotopic (exact) mass is 426 g/mol. The quantitative estimate of drug-likeness (QED) is 0.521. The number of hydrogen-bond acceptors (Lipinski definition) is 3. The molecule has 0 radical (unpaired) electrons. The summed E-state index contributed by atoms with van der Waals surface area (Å²) in [5, 5.41) is 7.19. The van der Waals surface area contributed by atoms with Gasteiger partial charge in [-0.2, -0.15) is 0 Å². The Morgan fingerprint density at radius 2 is 1.81 bits per heavy atom. The summed E-state index contributed by atoms with van der Waals surface area (Å²) < 4.78 is 46.8. The number of piperidine rings is 1. The predicted octanol–water partition coefficient (Wildman–Crippen LogP) is 5.36. The van der Waals surface area contributed by atoms with Gasteiger partial charge in [0.2, 0.25) is 0 Å². The van der Waals surface area contributed by atoms with Crippen LogP contribution in [0, 0.1) is 17.5 Å². The van der Waals surface area contributed by atoms with E-state index in [1.54, 1.807) is 25.3 Å². The fourth-order valence-corrected chi connectivity index (χ4v) is 4.19. The smallest absolute Gasteiger partial charge is 0.195 e. The van der Waals surface area contributed by atoms with Gasteiger partial charge in [0.05, 0.1) is 7.11 Å². The lowest BCUT2D eigenvalue weighted by molar-refractivity contribution is 0.303. The molecule has 6 heteroatoms. The zero-order valence-electron chi connectivity index (χ0n) is 17.3. The maximum Gasteiger partial charge on any atom is 0.195 e. The average Bonchev–Trinajstić information content (AvgIpc) is 2.82. The fraction of sp³-hybridized carbons (Fsp3) is 0.280. The van der Waals surface area contributed by atoms with Crippen molar-refractivity contribution < 1.29 is 17.9 Å². The van der Waals surface area contributed by atoms with Crippen LogP contribution in [0.5, 0.6) is 5.75 Å². The molecule has 4 rings (SSSR count). The van der Waals surface area contributed by atoms with Gasteiger partial charge in [-0.3, -0.25) is 0 Å². The maximum atomic E-state index is 14.3. The summed E-state index contributed by atoms with van der Waals surface area (Å²) >= 11 is 0. The van der Waals surface area contributed by atoms with Gasteiger partial charge in [0.25, 0.3) is 0 Å². The number of halogens is 3. The van der Waals surface area contributed by atoms with Gasteiger partial charge in [-0.25, -0.2) is 13.2 Å². The number of methoxy groups -OCH3 is 1. The van der Waals surface area contributed by atoms with Gasteiger partial charge in [-0.05, 0) is 54.8 Å². The van der Waals surface area contributed by atoms with Crippen LogP contribution in [0.2, 0.25) is 0 Å². The van der Waals surface area contributed by atoms with Gasteiger partial charge in [0.15, 0.2) is 17.5 Å². The summed E-state index contributed by atoms with van der Waals surface area (Å²) in [7, 11) is 1.57. The highest BCUT2D eigenvalue weighted by atomic mass is 19.2. The average molecular weight is 426 g/mol. The molecule has 2 atom stereocenters. The summed E-state index contributed by atoms with van der Waals surface area (Å²) in [4.78, 5) is 0. The van der Waals surface area contributed by atoms with Crippen LogP contribution in [-0.4, -0.2) is 19.7 Å². The molecule has 0 amide bonds. The molecule has 0 bridgehead atoms. The number of ether oxygens (including phenoxy) is 1. The third-order valence-electron chi connectivity index (χ3n) is 5.80. The van der Waals surface area contributed by atoms with Gasteiger partial charge in [-0.15, -0.1) is 0 Å². The Balaban J connectivity index is 1.58. The lowest BCUT2D eigenvalue weighted by Crippen LogP contribution is -2.45. The Bertz CT molecular complexity index is 1040. The lowest BCUT2D eigenvalue weighted by Gasteiger charge is -2.34. The first kappa shape index (κ1) is 21.4. The third-order valence-corrected chi connectivity index (χ3v) is 5.80. The summed E-state index contributed by atoms with van der Waals surface area (Å²) in [6.07, 6.45) is 2.09. The van der Waals surface area contributed by atoms with E-state index in [1.807, 2.05) is 18.2 Å². The number of nitrogens with one attached hydrogen (secondary N) is 2. The van der Waals surface area contributed by atoms with Crippen molar-refractivity contribution in [3.8, 4) is 16.9 Å². The molecule has 162 valence electrons. The van der Waals surface area contributed by atoms with Crippen LogP contribution in [0.3, 0.4) is 0 Å². The highest BCUT2D eigenvalue weighted by Crippen LogP contribution is 2.31. The molecule has 2 unspecified atom stereocenters. The van der Waals surface area contributed by atoms with Crippen molar-refractivity contribution in [3.63, 3.8) is 0 Å². The topological polar surface area (TPSA) is 33.3 Å². The van der Waals surface area contributed by atoms with Crippen molar-refractivity contribution >= 4 is 0 Å². The summed E-state index contributed by atoms with van der Waals surface area (Å²) in [6, 6.07) is 18.0. The zero-order valence-corrected chi connectivity index (χ0v) is 17.3. The number of rotatable bonds is 6. The second kappa shape index (κ2) is 9.54. The maximum absolute atomic E-state index is 14.3. The molecule has 1 saturated heterocycles. The molecule has 3 aromatic carbocycles. The molecule has 2 N–H and O–H groups in total. The zero-order chi connectivity index (χ0) is 21.8. The third kappa shape index (κ3) is 4.60. The molecule has 1 aliphatic heterocycles. The molecular weight excluding hydrogens is 401 g/mol. The van der Waals surface area contributed by atoms with Crippen molar-refractivity contribution in [1.82, 2.24) is 10.6 Å². The summed E-state index contributed by atoms with van der Waals surface area (Å²) in [6.45, 7) is 1.46. The fourth-order valence-electron chi connectivity index (χ4n) is 4.19. The Kier molecular flexibility index (Phi) is 6.59. The van der Waals surface area contributed by atoms with Crippen LogP contribution < -0.4 is 15.4 Å². The van der Waals surface area contributed by atoms with Crippen LogP contribution in [-0.2, 0) is 6.54 Å². The van der Waals surface area contributed by atoms with E-state index in [9.17, 15) is 13.2 Å². The molecule has 1 fully saturated rings. The molecular formula is C25H25F3N2O. The molecule has 3 nitrogen and oxygen atoms in total. The van der Waals surface area contributed by atoms with Crippen LogP contribution in [0.25, 0.3) is 11.1 Å². The van der Waals surface area contributed by atoms with E-state index >= 15 is 0 Å². The standard InChI is InChI=1S/C25H25F3N2O/c1-31-22-12-9-17(19-10-11-20(26)24(28)23(19)27)14-18(22)15-30-21-8-5-13-29-25(21)16-6-3-2-4-7-16/h2-4,6-7,9-12,14,21,25,29-30H,5,8,13,15H2,1H3. The Labute approximate surface area is 180 Å². The van der Waals surface area contributed by atoms with E-state index in [1.165, 1.54) is 11.6 Å². The van der Waals surface area contributed by atoms with Gasteiger partial charge in [-0.1, -0.05) is 36.4 Å². The van der Waals surface area contributed by atoms with E-state index in [2.05, 4.69) is 22.8 Å². The second-order valence-electron chi connectivity index (χ2n) is 7.72. The molecule has 1 heterocycles. The molecule has 31 heavy (non-hydrogen) atoms. The summed E-state index contributed by atoms with van der Waals surface area (Å²) in [5.74, 6) is -3.20. The van der Waals surface area contributed by atoms with Gasteiger partial charge in [0.1, 0.15) is 5.75 Å². The Morgan fingerprint density at radius 3 is 2.58 bits per heavy atom. The molecule has 3 aromatic rings. The van der Waals surface area contributed by atoms with E-state index < -0.39 is 17.5 Å². The first-order valence-corrected chi connectivity index (χ1v) is 10.4. The van der Waals surface area contributed by atoms with Gasteiger partial charge < -0.3 is 15.4 Å². The normalized spacial score (nSPS) is 18.7. The van der Waals surface area contributed by atoms with Crippen molar-refractivity contribution in [1.29, 1.82) is 0 Å². The van der Waals surface area contributed by atoms with Gasteiger partial charge in [0, 0.05) is 29.8 Å². The lowest BCUT2D eigenvalue weighted by atomic mass is 9.92. The Morgan fingerprint density at radius 1 is 1.00 bits per heavy atom. The van der Waals surface area contributed by atoms with E-state index in [4.69, 9.17) is 4.74 Å². The minimum absolute atomic E-state index is 0.0179. The Hall–Kier alpha value is -2.83. The van der Waals surface area contributed by atoms with Crippen LogP contribution in [0.15, 0.2) is 60.7 Å². The van der Waals surface area contributed by atoms with E-state index in [0.717, 1.165) is 31.0 Å². The molecule has 0 saturated carbocycles. The highest BCUT2D eigenvalue weighted by Gasteiger charge is 2.26. The van der Waals surface area contributed by atoms with E-state index in [-0.39, 0.29) is 17.6 Å². The highest BCUT2D eigenvalue weighted by molar-refractivity contribution is 5.66. The van der Waals surface area contributed by atoms with Crippen LogP contribution in [0.1, 0.15) is 30.0 Å². The second-order valence-corrected chi connectivity index (χ2v) is 7.72. The van der Waals surface area contributed by atoms with E-state index in [0.29, 0.717) is 17.9 Å². The van der Waals surface area contributed by atoms with Gasteiger partial charge >= 0.3 is 0 Å². The first-order valence-electron chi connectivity index (χ1n) is 10.4. The molecule has 0 aliphatic carbocycles. The van der Waals surface area contributed by atoms with Crippen molar-refractivity contribution in [3.05, 3.63) is 89.2 Å². The summed E-state index contributed by atoms with van der Waals surface area (Å²) in [5.41, 5.74) is 2.53. The molecule has 1 aliphatic rings. The molecule has 0 aromatic heterocycles. The van der Waals surface area contributed by atoms with Crippen molar-refractivity contribution in [2.75, 3.05) is 13.7 Å². The van der Waals surface area contributed by atoms with Crippen LogP contribution >= 0.6 is 0 Å². The SMILES string of the molecule is COc1ccc(-c2ccc(F)c(F)c2F)cc1CNC1CCCNC1c1ccccc1. The molecule has 0 spiro atoms. The largest absolute Gasteiger partial charge is 0.496 e. The van der Waals surface area contributed by atoms with Crippen molar-refractivity contribution in [2.24, 2.45) is 0 Å². The minimum atomic E-state index is -1.47. The minimum Gasteiger partial charge on any atom is -0.496 e. The first-order chi connectivity index (χ1) is 15.1. The van der Waals surface area contributed by atoms with Crippen LogP contribution in [0.4, 0.5) is 13.2 Å².